The van der Waals surface area contributed by atoms with Gasteiger partial charge in [0, 0.05) is 31.6 Å². The van der Waals surface area contributed by atoms with Gasteiger partial charge in [-0.3, -0.25) is 24.4 Å². The number of hydrogen-bond acceptors (Lipinski definition) is 9. The average Bonchev–Trinajstić information content (AvgIpc) is 2.92. The van der Waals surface area contributed by atoms with Gasteiger partial charge in [-0.05, 0) is 30.2 Å². The number of esters is 1. The summed E-state index contributed by atoms with van der Waals surface area (Å²) < 4.78 is 49.2. The van der Waals surface area contributed by atoms with Crippen molar-refractivity contribution in [2.45, 2.75) is 26.3 Å². The molecule has 0 spiro atoms. The van der Waals surface area contributed by atoms with Crippen molar-refractivity contribution >= 4 is 29.2 Å². The molecule has 198 valence electrons. The molecule has 37 heavy (non-hydrogen) atoms. The number of halogens is 3. The second-order valence-electron chi connectivity index (χ2n) is 7.73. The Labute approximate surface area is 208 Å². The van der Waals surface area contributed by atoms with Crippen molar-refractivity contribution in [3.8, 4) is 23.0 Å². The number of nitrogens with one attached hydrogen (secondary N) is 1. The monoisotopic (exact) mass is 525 g/mol. The van der Waals surface area contributed by atoms with Crippen LogP contribution >= 0.6 is 0 Å². The molecule has 0 aromatic heterocycles. The van der Waals surface area contributed by atoms with Gasteiger partial charge in [0.1, 0.15) is 0 Å². The first-order valence-electron chi connectivity index (χ1n) is 10.8. The lowest BCUT2D eigenvalue weighted by Gasteiger charge is -2.29. The van der Waals surface area contributed by atoms with E-state index in [4.69, 9.17) is 4.74 Å². The van der Waals surface area contributed by atoms with E-state index in [0.717, 1.165) is 25.3 Å². The van der Waals surface area contributed by atoms with Crippen molar-refractivity contribution in [3.63, 3.8) is 0 Å². The molecular weight excluding hydrogens is 503 g/mol. The molecule has 0 fully saturated rings. The number of nitrogens with zero attached hydrogens (tertiary/aromatic N) is 2. The van der Waals surface area contributed by atoms with E-state index < -0.39 is 35.0 Å². The van der Waals surface area contributed by atoms with Crippen LogP contribution < -0.4 is 24.9 Å². The van der Waals surface area contributed by atoms with Crippen LogP contribution in [0.4, 0.5) is 19.3 Å². The lowest BCUT2D eigenvalue weighted by Crippen LogP contribution is -2.37. The molecule has 14 heteroatoms. The third-order valence-electron chi connectivity index (χ3n) is 5.62. The smallest absolute Gasteiger partial charge is 0.396 e. The number of carbonyl (C=O) groups excluding carboxylic acids is 3. The number of amides is 2. The molecular formula is C23H22F3N3O8. The van der Waals surface area contributed by atoms with E-state index in [-0.39, 0.29) is 35.9 Å². The van der Waals surface area contributed by atoms with E-state index in [0.29, 0.717) is 17.7 Å². The van der Waals surface area contributed by atoms with Crippen LogP contribution in [0, 0.1) is 5.92 Å². The number of anilines is 1. The highest BCUT2D eigenvalue weighted by Crippen LogP contribution is 2.49. The number of hydrazone groups is 1. The van der Waals surface area contributed by atoms with Crippen LogP contribution in [-0.4, -0.2) is 42.7 Å². The first kappa shape index (κ1) is 27.1. The molecule has 1 N–H and O–H groups in total. The molecule has 2 amide bonds. The zero-order valence-corrected chi connectivity index (χ0v) is 19.9. The molecule has 1 aliphatic rings. The minimum atomic E-state index is -1.06. The largest absolute Gasteiger partial charge is 0.493 e. The Hall–Kier alpha value is -4.49. The van der Waals surface area contributed by atoms with E-state index in [1.807, 2.05) is 0 Å². The highest BCUT2D eigenvalue weighted by Gasteiger charge is 2.35. The average molecular weight is 525 g/mol. The van der Waals surface area contributed by atoms with Crippen LogP contribution in [0.3, 0.4) is 0 Å². The van der Waals surface area contributed by atoms with Crippen LogP contribution in [0.1, 0.15) is 30.9 Å². The molecule has 1 heterocycles. The van der Waals surface area contributed by atoms with Crippen molar-refractivity contribution in [1.82, 2.24) is 5.01 Å². The molecule has 0 saturated heterocycles. The maximum atomic E-state index is 13.5. The van der Waals surface area contributed by atoms with Gasteiger partial charge < -0.3 is 14.8 Å². The fraction of sp³-hybridized carbons (Fsp3) is 0.304. The number of carbonyl (C=O) groups is 3. The van der Waals surface area contributed by atoms with Crippen LogP contribution in [-0.2, 0) is 25.7 Å². The number of hydrogen-bond donors (Lipinski definition) is 1. The molecule has 2 aromatic rings. The maximum absolute atomic E-state index is 13.5. The van der Waals surface area contributed by atoms with Gasteiger partial charge in [0.2, 0.25) is 11.7 Å². The number of methoxy groups -OCH3 is 2. The highest BCUT2D eigenvalue weighted by atomic mass is 19.3. The summed E-state index contributed by atoms with van der Waals surface area (Å²) in [6, 6.07) is 7.31. The predicted molar refractivity (Wildman–Crippen MR) is 121 cm³/mol. The van der Waals surface area contributed by atoms with Gasteiger partial charge >= 0.3 is 11.9 Å². The van der Waals surface area contributed by atoms with Gasteiger partial charge in [0.05, 0.1) is 32.0 Å². The summed E-state index contributed by atoms with van der Waals surface area (Å²) >= 11 is 0. The summed E-state index contributed by atoms with van der Waals surface area (Å²) in [5.74, 6) is -6.02. The summed E-state index contributed by atoms with van der Waals surface area (Å²) in [6.45, 7) is 1.74. The summed E-state index contributed by atoms with van der Waals surface area (Å²) in [7, 11) is 2.22. The van der Waals surface area contributed by atoms with E-state index in [2.05, 4.69) is 30.0 Å². The van der Waals surface area contributed by atoms with Crippen molar-refractivity contribution in [2.75, 3.05) is 19.5 Å². The normalized spacial score (nSPS) is 15.0. The molecule has 2 aromatic carbocycles. The van der Waals surface area contributed by atoms with E-state index in [9.17, 15) is 28.0 Å². The Balaban J connectivity index is 1.97. The molecule has 1 unspecified atom stereocenters. The van der Waals surface area contributed by atoms with E-state index in [1.54, 1.807) is 19.1 Å². The lowest BCUT2D eigenvalue weighted by atomic mass is 9.89. The third-order valence-corrected chi connectivity index (χ3v) is 5.62. The van der Waals surface area contributed by atoms with Crippen LogP contribution in [0.5, 0.6) is 23.0 Å². The van der Waals surface area contributed by atoms with Crippen molar-refractivity contribution in [2.24, 2.45) is 11.0 Å². The van der Waals surface area contributed by atoms with Gasteiger partial charge in [-0.2, -0.15) is 5.10 Å². The van der Waals surface area contributed by atoms with Gasteiger partial charge in [0.25, 0.3) is 11.5 Å². The van der Waals surface area contributed by atoms with E-state index in [1.165, 1.54) is 12.1 Å². The maximum Gasteiger partial charge on any atom is 0.396 e. The van der Waals surface area contributed by atoms with Crippen molar-refractivity contribution < 1.29 is 52.3 Å². The first-order valence-corrected chi connectivity index (χ1v) is 10.8. The fourth-order valence-corrected chi connectivity index (χ4v) is 3.72. The topological polar surface area (TPSA) is 125 Å². The van der Waals surface area contributed by atoms with Gasteiger partial charge in [-0.15, -0.1) is 0 Å². The van der Waals surface area contributed by atoms with E-state index >= 15 is 0 Å². The molecule has 1 aliphatic heterocycles. The SMILES string of the molecule is CCC1CC(=O)N(Cc2ccc(NC(=O)C(=O)OC)cc2)N=C1c1cc(OC)c(OF)c(OF)c1OF. The molecule has 3 rings (SSSR count). The lowest BCUT2D eigenvalue weighted by molar-refractivity contribution is -0.150. The fourth-order valence-electron chi connectivity index (χ4n) is 3.72. The predicted octanol–water partition coefficient (Wildman–Crippen LogP) is 3.76. The van der Waals surface area contributed by atoms with Crippen LogP contribution in [0.2, 0.25) is 0 Å². The number of rotatable bonds is 9. The second-order valence-corrected chi connectivity index (χ2v) is 7.73. The highest BCUT2D eigenvalue weighted by molar-refractivity contribution is 6.37. The Morgan fingerprint density at radius 2 is 1.70 bits per heavy atom. The number of benzene rings is 2. The Morgan fingerprint density at radius 1 is 1.05 bits per heavy atom. The molecule has 0 saturated carbocycles. The molecule has 0 aliphatic carbocycles. The minimum absolute atomic E-state index is 0.0227. The zero-order valence-electron chi connectivity index (χ0n) is 19.9. The molecule has 1 atom stereocenters. The Kier molecular flexibility index (Phi) is 8.77. The standard InChI is InChI=1S/C23H22F3N3O8/c1-4-13-9-17(30)29(11-12-5-7-14(8-6-12)27-22(31)23(32)34-3)28-18(13)15-10-16(33-2)20(36-25)21(37-26)19(15)35-24/h5-8,10,13H,4,9,11H2,1-3H3,(H,27,31). The zero-order chi connectivity index (χ0) is 27.1. The van der Waals surface area contributed by atoms with Crippen LogP contribution in [0.15, 0.2) is 35.4 Å². The summed E-state index contributed by atoms with van der Waals surface area (Å²) in [6.07, 6.45) is 0.373. The number of ether oxygens (including phenoxy) is 2. The minimum Gasteiger partial charge on any atom is -0.493 e. The molecule has 0 bridgehead atoms. The molecule has 11 nitrogen and oxygen atoms in total. The molecule has 0 radical (unpaired) electrons. The Bertz CT molecular complexity index is 1210. The summed E-state index contributed by atoms with van der Waals surface area (Å²) in [4.78, 5) is 46.6. The quantitative estimate of drug-likeness (QED) is 0.388. The van der Waals surface area contributed by atoms with Gasteiger partial charge in [-0.1, -0.05) is 19.1 Å². The van der Waals surface area contributed by atoms with Crippen molar-refractivity contribution in [3.05, 3.63) is 41.5 Å². The van der Waals surface area contributed by atoms with Gasteiger partial charge in [0.15, 0.2) is 5.75 Å². The third kappa shape index (κ3) is 5.68. The van der Waals surface area contributed by atoms with Gasteiger partial charge in [-0.25, -0.2) is 9.80 Å². The van der Waals surface area contributed by atoms with Crippen molar-refractivity contribution in [1.29, 1.82) is 0 Å². The summed E-state index contributed by atoms with van der Waals surface area (Å²) in [5.41, 5.74) is 0.901. The second kappa shape index (κ2) is 12.0. The Morgan fingerprint density at radius 3 is 2.24 bits per heavy atom. The van der Waals surface area contributed by atoms with Crippen LogP contribution in [0.25, 0.3) is 0 Å². The first-order chi connectivity index (χ1) is 17.8. The summed E-state index contributed by atoms with van der Waals surface area (Å²) in [5, 5.41) is 7.83.